The van der Waals surface area contributed by atoms with Crippen molar-refractivity contribution in [2.45, 2.75) is 46.1 Å². The molecule has 1 atom stereocenters. The van der Waals surface area contributed by atoms with Crippen LogP contribution in [0.2, 0.25) is 0 Å². The van der Waals surface area contributed by atoms with Gasteiger partial charge in [-0.25, -0.2) is 14.4 Å². The Bertz CT molecular complexity index is 1040. The SMILES string of the molecule is Cc1cc([C@H]2CCCCN2C(=O)c2cccc(F)c2)nc(-c2c(C)noc2C)n1. The van der Waals surface area contributed by atoms with Crippen molar-refractivity contribution in [1.82, 2.24) is 20.0 Å². The highest BCUT2D eigenvalue weighted by Gasteiger charge is 2.31. The van der Waals surface area contributed by atoms with Crippen LogP contribution in [-0.4, -0.2) is 32.5 Å². The second-order valence-corrected chi connectivity index (χ2v) is 7.48. The number of nitrogens with zero attached hydrogens (tertiary/aromatic N) is 4. The van der Waals surface area contributed by atoms with Crippen LogP contribution in [0.3, 0.4) is 0 Å². The van der Waals surface area contributed by atoms with Crippen LogP contribution >= 0.6 is 0 Å². The first-order valence-corrected chi connectivity index (χ1v) is 9.79. The molecule has 0 N–H and O–H groups in total. The molecule has 0 unspecified atom stereocenters. The first-order chi connectivity index (χ1) is 13.9. The summed E-state index contributed by atoms with van der Waals surface area (Å²) in [6.07, 6.45) is 2.72. The van der Waals surface area contributed by atoms with Gasteiger partial charge in [-0.2, -0.15) is 0 Å². The van der Waals surface area contributed by atoms with Crippen molar-refractivity contribution < 1.29 is 13.7 Å². The summed E-state index contributed by atoms with van der Waals surface area (Å²) < 4.78 is 18.9. The lowest BCUT2D eigenvalue weighted by Crippen LogP contribution is -2.39. The number of aromatic nitrogens is 3. The van der Waals surface area contributed by atoms with E-state index in [1.165, 1.54) is 12.1 Å². The third-order valence-corrected chi connectivity index (χ3v) is 5.31. The highest BCUT2D eigenvalue weighted by Crippen LogP contribution is 2.33. The van der Waals surface area contributed by atoms with Gasteiger partial charge in [0.25, 0.3) is 5.91 Å². The number of carbonyl (C=O) groups excluding carboxylic acids is 1. The maximum Gasteiger partial charge on any atom is 0.254 e. The average molecular weight is 394 g/mol. The van der Waals surface area contributed by atoms with Crippen LogP contribution in [0.5, 0.6) is 0 Å². The molecule has 0 aliphatic carbocycles. The standard InChI is InChI=1S/C22H23FN4O2/c1-13-11-18(25-21(24-13)20-14(2)26-29-15(20)3)19-9-4-5-10-27(19)22(28)16-7-6-8-17(23)12-16/h6-8,11-12,19H,4-5,9-10H2,1-3H3/t19-/m1/s1. The quantitative estimate of drug-likeness (QED) is 0.651. The number of halogens is 1. The molecule has 3 aromatic rings. The van der Waals surface area contributed by atoms with E-state index in [2.05, 4.69) is 10.1 Å². The van der Waals surface area contributed by atoms with E-state index >= 15 is 0 Å². The van der Waals surface area contributed by atoms with Gasteiger partial charge in [-0.1, -0.05) is 11.2 Å². The monoisotopic (exact) mass is 394 g/mol. The number of aryl methyl sites for hydroxylation is 3. The summed E-state index contributed by atoms with van der Waals surface area (Å²) in [4.78, 5) is 24.3. The number of likely N-dealkylation sites (tertiary alicyclic amines) is 1. The molecule has 4 rings (SSSR count). The van der Waals surface area contributed by atoms with E-state index in [4.69, 9.17) is 9.51 Å². The summed E-state index contributed by atoms with van der Waals surface area (Å²) in [6.45, 7) is 6.22. The van der Waals surface area contributed by atoms with Crippen LogP contribution in [-0.2, 0) is 0 Å². The van der Waals surface area contributed by atoms with E-state index in [-0.39, 0.29) is 11.9 Å². The van der Waals surface area contributed by atoms with Gasteiger partial charge in [-0.15, -0.1) is 0 Å². The minimum absolute atomic E-state index is 0.177. The lowest BCUT2D eigenvalue weighted by Gasteiger charge is -2.35. The zero-order valence-corrected chi connectivity index (χ0v) is 16.8. The van der Waals surface area contributed by atoms with Gasteiger partial charge in [0, 0.05) is 17.8 Å². The van der Waals surface area contributed by atoms with Gasteiger partial charge >= 0.3 is 0 Å². The molecular weight excluding hydrogens is 371 g/mol. The predicted molar refractivity (Wildman–Crippen MR) is 106 cm³/mol. The summed E-state index contributed by atoms with van der Waals surface area (Å²) in [7, 11) is 0. The fourth-order valence-corrected chi connectivity index (χ4v) is 3.95. The first kappa shape index (κ1) is 19.2. The Labute approximate surface area is 168 Å². The minimum atomic E-state index is -0.414. The van der Waals surface area contributed by atoms with Crippen molar-refractivity contribution in [3.8, 4) is 11.4 Å². The van der Waals surface area contributed by atoms with Crippen LogP contribution in [0.25, 0.3) is 11.4 Å². The maximum absolute atomic E-state index is 13.6. The zero-order chi connectivity index (χ0) is 20.5. The molecule has 6 nitrogen and oxygen atoms in total. The van der Waals surface area contributed by atoms with E-state index in [0.29, 0.717) is 23.7 Å². The molecule has 0 radical (unpaired) electrons. The third kappa shape index (κ3) is 3.77. The van der Waals surface area contributed by atoms with Crippen LogP contribution in [0.4, 0.5) is 4.39 Å². The molecule has 29 heavy (non-hydrogen) atoms. The smallest absolute Gasteiger partial charge is 0.254 e. The highest BCUT2D eigenvalue weighted by molar-refractivity contribution is 5.94. The second kappa shape index (κ2) is 7.73. The number of benzene rings is 1. The predicted octanol–water partition coefficient (Wildman–Crippen LogP) is 4.56. The number of amides is 1. The van der Waals surface area contributed by atoms with E-state index < -0.39 is 5.82 Å². The summed E-state index contributed by atoms with van der Waals surface area (Å²) >= 11 is 0. The molecule has 2 aromatic heterocycles. The molecule has 3 heterocycles. The van der Waals surface area contributed by atoms with E-state index in [9.17, 15) is 9.18 Å². The lowest BCUT2D eigenvalue weighted by atomic mass is 9.97. The van der Waals surface area contributed by atoms with Crippen molar-refractivity contribution in [3.63, 3.8) is 0 Å². The number of hydrogen-bond donors (Lipinski definition) is 0. The molecule has 1 aliphatic heterocycles. The molecule has 1 aliphatic rings. The van der Waals surface area contributed by atoms with Crippen molar-refractivity contribution in [2.24, 2.45) is 0 Å². The molecule has 0 spiro atoms. The molecule has 150 valence electrons. The molecule has 0 bridgehead atoms. The molecule has 1 saturated heterocycles. The average Bonchev–Trinajstić information content (AvgIpc) is 3.05. The Balaban J connectivity index is 1.73. The Morgan fingerprint density at radius 2 is 2.00 bits per heavy atom. The van der Waals surface area contributed by atoms with E-state index in [0.717, 1.165) is 41.9 Å². The molecule has 0 saturated carbocycles. The van der Waals surface area contributed by atoms with Gasteiger partial charge in [0.2, 0.25) is 0 Å². The van der Waals surface area contributed by atoms with E-state index in [1.54, 1.807) is 17.0 Å². The van der Waals surface area contributed by atoms with Crippen LogP contribution in [0, 0.1) is 26.6 Å². The minimum Gasteiger partial charge on any atom is -0.361 e. The van der Waals surface area contributed by atoms with Crippen molar-refractivity contribution in [2.75, 3.05) is 6.54 Å². The number of hydrogen-bond acceptors (Lipinski definition) is 5. The number of rotatable bonds is 3. The molecule has 1 amide bonds. The molecule has 1 fully saturated rings. The topological polar surface area (TPSA) is 72.1 Å². The van der Waals surface area contributed by atoms with Crippen molar-refractivity contribution in [1.29, 1.82) is 0 Å². The summed E-state index contributed by atoms with van der Waals surface area (Å²) in [5, 5.41) is 4.00. The van der Waals surface area contributed by atoms with Crippen LogP contribution < -0.4 is 0 Å². The molecular formula is C22H23FN4O2. The first-order valence-electron chi connectivity index (χ1n) is 9.79. The van der Waals surface area contributed by atoms with Gasteiger partial charge in [0.05, 0.1) is 23.0 Å². The van der Waals surface area contributed by atoms with E-state index in [1.807, 2.05) is 26.8 Å². The summed E-state index contributed by atoms with van der Waals surface area (Å²) in [5.41, 5.74) is 3.48. The largest absolute Gasteiger partial charge is 0.361 e. The van der Waals surface area contributed by atoms with Gasteiger partial charge in [-0.3, -0.25) is 4.79 Å². The molecule has 7 heteroatoms. The van der Waals surface area contributed by atoms with Gasteiger partial charge in [0.1, 0.15) is 11.6 Å². The van der Waals surface area contributed by atoms with Gasteiger partial charge in [0.15, 0.2) is 5.82 Å². The van der Waals surface area contributed by atoms with Gasteiger partial charge < -0.3 is 9.42 Å². The highest BCUT2D eigenvalue weighted by atomic mass is 19.1. The number of piperidine rings is 1. The van der Waals surface area contributed by atoms with Gasteiger partial charge in [-0.05, 0) is 64.3 Å². The number of carbonyl (C=O) groups is 1. The Hall–Kier alpha value is -3.09. The Kier molecular flexibility index (Phi) is 5.13. The third-order valence-electron chi connectivity index (χ3n) is 5.31. The normalized spacial score (nSPS) is 16.8. The van der Waals surface area contributed by atoms with Crippen LogP contribution in [0.1, 0.15) is 58.5 Å². The van der Waals surface area contributed by atoms with Crippen LogP contribution in [0.15, 0.2) is 34.9 Å². The Morgan fingerprint density at radius 3 is 2.72 bits per heavy atom. The fourth-order valence-electron chi connectivity index (χ4n) is 3.95. The van der Waals surface area contributed by atoms with Crippen molar-refractivity contribution >= 4 is 5.91 Å². The maximum atomic E-state index is 13.6. The molecule has 1 aromatic carbocycles. The fraction of sp³-hybridized carbons (Fsp3) is 0.364. The summed E-state index contributed by atoms with van der Waals surface area (Å²) in [6, 6.07) is 7.58. The Morgan fingerprint density at radius 1 is 1.17 bits per heavy atom. The second-order valence-electron chi connectivity index (χ2n) is 7.48. The zero-order valence-electron chi connectivity index (χ0n) is 16.8. The summed E-state index contributed by atoms with van der Waals surface area (Å²) in [5.74, 6) is 0.628. The van der Waals surface area contributed by atoms with Crippen molar-refractivity contribution in [3.05, 3.63) is 64.6 Å². The lowest BCUT2D eigenvalue weighted by molar-refractivity contribution is 0.0605.